The zero-order valence-electron chi connectivity index (χ0n) is 17.5. The molecule has 1 aliphatic rings. The van der Waals surface area contributed by atoms with Crippen LogP contribution in [0.5, 0.6) is 0 Å². The van der Waals surface area contributed by atoms with E-state index in [2.05, 4.69) is 44.3 Å². The minimum absolute atomic E-state index is 0.211. The number of fused-ring (bicyclic) bond motifs is 1. The van der Waals surface area contributed by atoms with Gasteiger partial charge in [0, 0.05) is 49.5 Å². The Labute approximate surface area is 183 Å². The molecule has 0 aromatic carbocycles. The highest BCUT2D eigenvalue weighted by atomic mass is 32.1. The van der Waals surface area contributed by atoms with Crippen molar-refractivity contribution in [3.63, 3.8) is 0 Å². The molecule has 31 heavy (non-hydrogen) atoms. The molecule has 0 bridgehead atoms. The lowest BCUT2D eigenvalue weighted by molar-refractivity contribution is 0.103. The van der Waals surface area contributed by atoms with Crippen molar-refractivity contribution in [2.45, 2.75) is 6.04 Å². The van der Waals surface area contributed by atoms with Crippen molar-refractivity contribution in [3.05, 3.63) is 47.3 Å². The molecular weight excluding hydrogens is 412 g/mol. The van der Waals surface area contributed by atoms with Gasteiger partial charge in [-0.25, -0.2) is 4.98 Å². The van der Waals surface area contributed by atoms with E-state index in [4.69, 9.17) is 4.98 Å². The van der Waals surface area contributed by atoms with Gasteiger partial charge in [-0.2, -0.15) is 5.10 Å². The van der Waals surface area contributed by atoms with Crippen molar-refractivity contribution in [1.29, 1.82) is 0 Å². The molecule has 4 aromatic rings. The van der Waals surface area contributed by atoms with E-state index in [9.17, 15) is 4.79 Å². The maximum Gasteiger partial charge on any atom is 0.268 e. The van der Waals surface area contributed by atoms with Gasteiger partial charge in [0.2, 0.25) is 0 Å². The molecule has 9 nitrogen and oxygen atoms in total. The van der Waals surface area contributed by atoms with Gasteiger partial charge in [-0.05, 0) is 31.6 Å². The molecule has 1 fully saturated rings. The van der Waals surface area contributed by atoms with Crippen LogP contribution in [0.25, 0.3) is 22.0 Å². The van der Waals surface area contributed by atoms with Crippen molar-refractivity contribution in [1.82, 2.24) is 29.6 Å². The number of aryl methyl sites for hydroxylation is 1. The van der Waals surface area contributed by atoms with Gasteiger partial charge in [-0.15, -0.1) is 11.3 Å². The first kappa shape index (κ1) is 19.6. The number of hydrogen-bond donors (Lipinski definition) is 1. The van der Waals surface area contributed by atoms with E-state index in [0.29, 0.717) is 16.7 Å². The van der Waals surface area contributed by atoms with E-state index in [1.54, 1.807) is 22.6 Å². The standard InChI is InChI=1S/C21H22N8OS/c1-27(2)15-10-29(11-15)20-16-7-23-17(14-6-24-28(3)9-14)4-13(16)5-19(25-20)26-21(30)18-8-22-12-31-18/h4-9,12,15H,10-11H2,1-3H3,(H,25,26,30). The number of rotatable bonds is 5. The summed E-state index contributed by atoms with van der Waals surface area (Å²) in [6.07, 6.45) is 7.14. The second kappa shape index (κ2) is 7.71. The third-order valence-electron chi connectivity index (χ3n) is 5.49. The first-order valence-corrected chi connectivity index (χ1v) is 10.8. The predicted octanol–water partition coefficient (Wildman–Crippen LogP) is 2.49. The number of carbonyl (C=O) groups is 1. The summed E-state index contributed by atoms with van der Waals surface area (Å²) in [5, 5.41) is 9.09. The molecule has 0 radical (unpaired) electrons. The lowest BCUT2D eigenvalue weighted by Gasteiger charge is -2.44. The number of anilines is 2. The van der Waals surface area contributed by atoms with Crippen molar-refractivity contribution in [2.24, 2.45) is 7.05 Å². The largest absolute Gasteiger partial charge is 0.353 e. The van der Waals surface area contributed by atoms with E-state index in [-0.39, 0.29) is 5.91 Å². The van der Waals surface area contributed by atoms with E-state index < -0.39 is 0 Å². The molecule has 0 unspecified atom stereocenters. The van der Waals surface area contributed by atoms with Crippen LogP contribution in [0.4, 0.5) is 11.6 Å². The molecule has 0 atom stereocenters. The molecule has 0 saturated carbocycles. The molecule has 1 amide bonds. The zero-order chi connectivity index (χ0) is 21.5. The van der Waals surface area contributed by atoms with Gasteiger partial charge in [0.25, 0.3) is 5.91 Å². The fourth-order valence-corrected chi connectivity index (χ4v) is 4.12. The smallest absolute Gasteiger partial charge is 0.268 e. The van der Waals surface area contributed by atoms with Gasteiger partial charge in [0.1, 0.15) is 16.5 Å². The minimum Gasteiger partial charge on any atom is -0.353 e. The van der Waals surface area contributed by atoms with Gasteiger partial charge < -0.3 is 15.1 Å². The molecule has 4 aromatic heterocycles. The third kappa shape index (κ3) is 3.75. The van der Waals surface area contributed by atoms with Crippen LogP contribution in [0.1, 0.15) is 9.67 Å². The maximum atomic E-state index is 12.6. The molecule has 1 saturated heterocycles. The summed E-state index contributed by atoms with van der Waals surface area (Å²) in [4.78, 5) is 31.0. The highest BCUT2D eigenvalue weighted by Gasteiger charge is 2.31. The van der Waals surface area contributed by atoms with Crippen LogP contribution in [0.2, 0.25) is 0 Å². The fraction of sp³-hybridized carbons (Fsp3) is 0.286. The predicted molar refractivity (Wildman–Crippen MR) is 121 cm³/mol. The van der Waals surface area contributed by atoms with Crippen molar-refractivity contribution in [3.8, 4) is 11.3 Å². The van der Waals surface area contributed by atoms with Gasteiger partial charge in [0.15, 0.2) is 0 Å². The Bertz CT molecular complexity index is 1240. The Balaban J connectivity index is 1.55. The number of nitrogens with zero attached hydrogens (tertiary/aromatic N) is 7. The third-order valence-corrected chi connectivity index (χ3v) is 6.26. The number of aromatic nitrogens is 5. The monoisotopic (exact) mass is 434 g/mol. The Kier molecular flexibility index (Phi) is 4.87. The molecule has 5 rings (SSSR count). The van der Waals surface area contributed by atoms with Crippen LogP contribution < -0.4 is 10.2 Å². The van der Waals surface area contributed by atoms with Gasteiger partial charge >= 0.3 is 0 Å². The summed E-state index contributed by atoms with van der Waals surface area (Å²) in [5.74, 6) is 1.13. The summed E-state index contributed by atoms with van der Waals surface area (Å²) in [7, 11) is 6.05. The maximum absolute atomic E-state index is 12.6. The van der Waals surface area contributed by atoms with E-state index >= 15 is 0 Å². The molecule has 5 heterocycles. The summed E-state index contributed by atoms with van der Waals surface area (Å²) in [6, 6.07) is 4.39. The van der Waals surface area contributed by atoms with Crippen molar-refractivity contribution in [2.75, 3.05) is 37.4 Å². The highest BCUT2D eigenvalue weighted by Crippen LogP contribution is 2.33. The molecule has 0 spiro atoms. The molecular formula is C21H22N8OS. The number of carbonyl (C=O) groups excluding carboxylic acids is 1. The zero-order valence-corrected chi connectivity index (χ0v) is 18.3. The number of pyridine rings is 2. The summed E-state index contributed by atoms with van der Waals surface area (Å²) < 4.78 is 1.75. The first-order chi connectivity index (χ1) is 15.0. The normalized spacial score (nSPS) is 14.3. The van der Waals surface area contributed by atoms with Gasteiger partial charge in [0.05, 0.1) is 23.6 Å². The minimum atomic E-state index is -0.211. The van der Waals surface area contributed by atoms with Crippen molar-refractivity contribution >= 4 is 39.7 Å². The molecule has 1 aliphatic heterocycles. The number of thiazole rings is 1. The fourth-order valence-electron chi connectivity index (χ4n) is 3.61. The lowest BCUT2D eigenvalue weighted by atomic mass is 10.1. The van der Waals surface area contributed by atoms with Gasteiger partial charge in [-0.3, -0.25) is 19.4 Å². The number of hydrogen-bond acceptors (Lipinski definition) is 8. The van der Waals surface area contributed by atoms with E-state index in [1.165, 1.54) is 11.3 Å². The Hall–Kier alpha value is -3.37. The molecule has 158 valence electrons. The first-order valence-electron chi connectivity index (χ1n) is 9.89. The van der Waals surface area contributed by atoms with Crippen LogP contribution >= 0.6 is 11.3 Å². The number of likely N-dealkylation sites (N-methyl/N-ethyl adjacent to an activating group) is 1. The van der Waals surface area contributed by atoms with E-state index in [1.807, 2.05) is 31.6 Å². The molecule has 1 N–H and O–H groups in total. The average Bonchev–Trinajstić information content (AvgIpc) is 3.38. The van der Waals surface area contributed by atoms with Crippen LogP contribution in [-0.4, -0.2) is 68.8 Å². The van der Waals surface area contributed by atoms with Crippen LogP contribution in [-0.2, 0) is 7.05 Å². The number of amides is 1. The van der Waals surface area contributed by atoms with Crippen molar-refractivity contribution < 1.29 is 4.79 Å². The quantitative estimate of drug-likeness (QED) is 0.516. The Morgan fingerprint density at radius 1 is 1.23 bits per heavy atom. The molecule has 0 aliphatic carbocycles. The summed E-state index contributed by atoms with van der Waals surface area (Å²) in [6.45, 7) is 1.76. The summed E-state index contributed by atoms with van der Waals surface area (Å²) >= 11 is 1.30. The highest BCUT2D eigenvalue weighted by molar-refractivity contribution is 7.11. The van der Waals surface area contributed by atoms with E-state index in [0.717, 1.165) is 40.9 Å². The van der Waals surface area contributed by atoms with Crippen LogP contribution in [0.3, 0.4) is 0 Å². The second-order valence-corrected chi connectivity index (χ2v) is 8.75. The average molecular weight is 435 g/mol. The Morgan fingerprint density at radius 3 is 2.74 bits per heavy atom. The number of nitrogens with one attached hydrogen (secondary N) is 1. The van der Waals surface area contributed by atoms with Crippen LogP contribution in [0, 0.1) is 0 Å². The second-order valence-electron chi connectivity index (χ2n) is 7.87. The Morgan fingerprint density at radius 2 is 2.06 bits per heavy atom. The SMILES string of the molecule is CN(C)C1CN(c2nc(NC(=O)c3cncs3)cc3cc(-c4cnn(C)c4)ncc23)C1. The molecule has 10 heteroatoms. The topological polar surface area (TPSA) is 92.1 Å². The van der Waals surface area contributed by atoms with Crippen LogP contribution in [0.15, 0.2) is 42.4 Å². The van der Waals surface area contributed by atoms with Gasteiger partial charge in [-0.1, -0.05) is 0 Å². The summed E-state index contributed by atoms with van der Waals surface area (Å²) in [5.41, 5.74) is 3.41. The lowest BCUT2D eigenvalue weighted by Crippen LogP contribution is -2.57.